The molecule has 26 heavy (non-hydrogen) atoms. The average Bonchev–Trinajstić information content (AvgIpc) is 3.08. The molecule has 0 aliphatic heterocycles. The topological polar surface area (TPSA) is 97.6 Å². The summed E-state index contributed by atoms with van der Waals surface area (Å²) in [5, 5.41) is 17.3. The van der Waals surface area contributed by atoms with Gasteiger partial charge in [0.05, 0.1) is 18.7 Å². The van der Waals surface area contributed by atoms with Crippen LogP contribution in [-0.4, -0.2) is 19.9 Å². The molecule has 0 fully saturated rings. The van der Waals surface area contributed by atoms with E-state index in [9.17, 15) is 4.79 Å². The van der Waals surface area contributed by atoms with E-state index >= 15 is 0 Å². The summed E-state index contributed by atoms with van der Waals surface area (Å²) in [6, 6.07) is 9.48. The zero-order valence-electron chi connectivity index (χ0n) is 13.5. The lowest BCUT2D eigenvalue weighted by atomic mass is 10.1. The second-order valence-electron chi connectivity index (χ2n) is 5.51. The Morgan fingerprint density at radius 2 is 1.96 bits per heavy atom. The summed E-state index contributed by atoms with van der Waals surface area (Å²) in [5.41, 5.74) is 1.00. The van der Waals surface area contributed by atoms with Crippen molar-refractivity contribution in [3.05, 3.63) is 73.7 Å². The predicted octanol–water partition coefficient (Wildman–Crippen LogP) is 2.83. The standard InChI is InChI=1S/C17H13Cl2N5O2/c18-13-4-1-11(2-5-13)3-6-14-22-15(26-23-14)10-24-17(25)16(19)12(7-8-20)9-21-24/h1-2,4-5,9H,3,6-7,10H2. The minimum Gasteiger partial charge on any atom is -0.337 e. The molecule has 132 valence electrons. The van der Waals surface area contributed by atoms with Crippen LogP contribution < -0.4 is 5.56 Å². The Morgan fingerprint density at radius 3 is 2.69 bits per heavy atom. The van der Waals surface area contributed by atoms with Crippen LogP contribution >= 0.6 is 23.2 Å². The van der Waals surface area contributed by atoms with E-state index in [4.69, 9.17) is 33.0 Å². The maximum atomic E-state index is 12.2. The van der Waals surface area contributed by atoms with Gasteiger partial charge < -0.3 is 4.52 Å². The van der Waals surface area contributed by atoms with E-state index in [0.29, 0.717) is 22.8 Å². The predicted molar refractivity (Wildman–Crippen MR) is 95.1 cm³/mol. The fourth-order valence-corrected chi connectivity index (χ4v) is 2.65. The summed E-state index contributed by atoms with van der Waals surface area (Å²) >= 11 is 11.8. The molecule has 0 aliphatic carbocycles. The van der Waals surface area contributed by atoms with Crippen molar-refractivity contribution in [2.24, 2.45) is 0 Å². The Kier molecular flexibility index (Phi) is 5.66. The molecular weight excluding hydrogens is 377 g/mol. The van der Waals surface area contributed by atoms with E-state index < -0.39 is 5.56 Å². The van der Waals surface area contributed by atoms with Crippen molar-refractivity contribution in [3.8, 4) is 6.07 Å². The van der Waals surface area contributed by atoms with Crippen LogP contribution in [0.3, 0.4) is 0 Å². The highest BCUT2D eigenvalue weighted by Gasteiger charge is 2.13. The molecule has 0 spiro atoms. The molecule has 3 aromatic rings. The summed E-state index contributed by atoms with van der Waals surface area (Å²) < 4.78 is 6.30. The van der Waals surface area contributed by atoms with E-state index in [1.165, 1.54) is 6.20 Å². The molecule has 7 nitrogen and oxygen atoms in total. The first kappa shape index (κ1) is 18.1. The number of rotatable bonds is 6. The van der Waals surface area contributed by atoms with Gasteiger partial charge in [0.2, 0.25) is 5.89 Å². The number of hydrogen-bond acceptors (Lipinski definition) is 6. The minimum absolute atomic E-state index is 0.0132. The smallest absolute Gasteiger partial charge is 0.286 e. The molecule has 2 heterocycles. The first-order chi connectivity index (χ1) is 12.6. The molecule has 2 aromatic heterocycles. The normalized spacial score (nSPS) is 10.7. The summed E-state index contributed by atoms with van der Waals surface area (Å²) in [4.78, 5) is 16.4. The van der Waals surface area contributed by atoms with E-state index in [2.05, 4.69) is 15.2 Å². The molecular formula is C17H13Cl2N5O2. The van der Waals surface area contributed by atoms with Gasteiger partial charge in [-0.05, 0) is 24.1 Å². The van der Waals surface area contributed by atoms with Crippen molar-refractivity contribution in [2.75, 3.05) is 0 Å². The van der Waals surface area contributed by atoms with Gasteiger partial charge in [-0.3, -0.25) is 4.79 Å². The minimum atomic E-state index is -0.500. The van der Waals surface area contributed by atoms with Crippen LogP contribution in [0.5, 0.6) is 0 Å². The zero-order chi connectivity index (χ0) is 18.5. The highest BCUT2D eigenvalue weighted by Crippen LogP contribution is 2.12. The highest BCUT2D eigenvalue weighted by atomic mass is 35.5. The average molecular weight is 390 g/mol. The lowest BCUT2D eigenvalue weighted by molar-refractivity contribution is 0.358. The fraction of sp³-hybridized carbons (Fsp3) is 0.235. The molecule has 0 radical (unpaired) electrons. The zero-order valence-corrected chi connectivity index (χ0v) is 15.0. The Hall–Kier alpha value is -2.69. The largest absolute Gasteiger partial charge is 0.337 e. The van der Waals surface area contributed by atoms with Crippen molar-refractivity contribution < 1.29 is 4.52 Å². The molecule has 0 aliphatic rings. The first-order valence-electron chi connectivity index (χ1n) is 7.74. The van der Waals surface area contributed by atoms with Crippen LogP contribution in [0.1, 0.15) is 22.8 Å². The maximum Gasteiger partial charge on any atom is 0.286 e. The van der Waals surface area contributed by atoms with E-state index in [-0.39, 0.29) is 23.9 Å². The molecule has 0 unspecified atom stereocenters. The Morgan fingerprint density at radius 1 is 1.19 bits per heavy atom. The molecule has 1 aromatic carbocycles. The van der Waals surface area contributed by atoms with Crippen molar-refractivity contribution >= 4 is 23.2 Å². The second-order valence-corrected chi connectivity index (χ2v) is 6.33. The molecule has 0 N–H and O–H groups in total. The molecule has 0 atom stereocenters. The Balaban J connectivity index is 1.67. The van der Waals surface area contributed by atoms with Gasteiger partial charge in [0, 0.05) is 17.0 Å². The van der Waals surface area contributed by atoms with E-state index in [1.807, 2.05) is 30.3 Å². The monoisotopic (exact) mass is 389 g/mol. The second kappa shape index (κ2) is 8.13. The Bertz CT molecular complexity index is 1010. The van der Waals surface area contributed by atoms with Gasteiger partial charge in [0.1, 0.15) is 11.6 Å². The number of hydrogen-bond donors (Lipinski definition) is 0. The van der Waals surface area contributed by atoms with Crippen molar-refractivity contribution in [1.82, 2.24) is 19.9 Å². The molecule has 0 saturated carbocycles. The van der Waals surface area contributed by atoms with Gasteiger partial charge in [-0.25, -0.2) is 4.68 Å². The Labute approximate surface area is 158 Å². The van der Waals surface area contributed by atoms with Crippen LogP contribution in [-0.2, 0) is 25.8 Å². The number of nitrogens with zero attached hydrogens (tertiary/aromatic N) is 5. The van der Waals surface area contributed by atoms with Gasteiger partial charge in [0.15, 0.2) is 5.82 Å². The van der Waals surface area contributed by atoms with Gasteiger partial charge >= 0.3 is 0 Å². The number of aryl methyl sites for hydroxylation is 2. The van der Waals surface area contributed by atoms with Gasteiger partial charge in [-0.2, -0.15) is 15.3 Å². The van der Waals surface area contributed by atoms with Crippen LogP contribution in [0.25, 0.3) is 0 Å². The number of nitriles is 1. The number of halogens is 2. The molecule has 9 heteroatoms. The van der Waals surface area contributed by atoms with Crippen LogP contribution in [0.2, 0.25) is 10.0 Å². The molecule has 0 saturated heterocycles. The van der Waals surface area contributed by atoms with Crippen LogP contribution in [0, 0.1) is 11.3 Å². The third-order valence-electron chi connectivity index (χ3n) is 3.67. The van der Waals surface area contributed by atoms with Crippen molar-refractivity contribution in [1.29, 1.82) is 5.26 Å². The van der Waals surface area contributed by atoms with Gasteiger partial charge in [-0.15, -0.1) is 0 Å². The third kappa shape index (κ3) is 4.28. The fourth-order valence-electron chi connectivity index (χ4n) is 2.31. The summed E-state index contributed by atoms with van der Waals surface area (Å²) in [5.74, 6) is 0.796. The summed E-state index contributed by atoms with van der Waals surface area (Å²) in [7, 11) is 0. The van der Waals surface area contributed by atoms with Gasteiger partial charge in [-0.1, -0.05) is 40.5 Å². The third-order valence-corrected chi connectivity index (χ3v) is 4.33. The number of aromatic nitrogens is 4. The van der Waals surface area contributed by atoms with Crippen LogP contribution in [0.15, 0.2) is 39.8 Å². The lowest BCUT2D eigenvalue weighted by Gasteiger charge is -2.03. The quantitative estimate of drug-likeness (QED) is 0.642. The van der Waals surface area contributed by atoms with E-state index in [0.717, 1.165) is 16.7 Å². The molecule has 3 rings (SSSR count). The SMILES string of the molecule is N#CCc1cnn(Cc2nc(CCc3ccc(Cl)cc3)no2)c(=O)c1Cl. The van der Waals surface area contributed by atoms with Crippen molar-refractivity contribution in [3.63, 3.8) is 0 Å². The highest BCUT2D eigenvalue weighted by molar-refractivity contribution is 6.31. The molecule has 0 amide bonds. The maximum absolute atomic E-state index is 12.2. The summed E-state index contributed by atoms with van der Waals surface area (Å²) in [6.07, 6.45) is 2.75. The van der Waals surface area contributed by atoms with E-state index in [1.54, 1.807) is 0 Å². The van der Waals surface area contributed by atoms with Crippen LogP contribution in [0.4, 0.5) is 0 Å². The summed E-state index contributed by atoms with van der Waals surface area (Å²) in [6.45, 7) is 0.0132. The van der Waals surface area contributed by atoms with Crippen molar-refractivity contribution in [2.45, 2.75) is 25.8 Å². The number of benzene rings is 1. The molecule has 0 bridgehead atoms. The first-order valence-corrected chi connectivity index (χ1v) is 8.49. The lowest BCUT2D eigenvalue weighted by Crippen LogP contribution is -2.25. The van der Waals surface area contributed by atoms with Gasteiger partial charge in [0.25, 0.3) is 5.56 Å².